The molecule has 0 saturated carbocycles. The van der Waals surface area contributed by atoms with Gasteiger partial charge >= 0.3 is 5.97 Å². The molecule has 0 radical (unpaired) electrons. The van der Waals surface area contributed by atoms with E-state index in [-0.39, 0.29) is 11.7 Å². The number of rotatable bonds is 4. The Labute approximate surface area is 135 Å². The average molecular weight is 314 g/mol. The lowest BCUT2D eigenvalue weighted by Gasteiger charge is -2.17. The van der Waals surface area contributed by atoms with Crippen molar-refractivity contribution in [1.29, 1.82) is 0 Å². The molecule has 0 bridgehead atoms. The molecular formula is C18H19FN2O2. The van der Waals surface area contributed by atoms with Crippen molar-refractivity contribution < 1.29 is 13.9 Å². The monoisotopic (exact) mass is 314 g/mol. The number of hydrogen-bond acceptors (Lipinski definition) is 3. The molecule has 2 rings (SSSR count). The molecule has 0 saturated heterocycles. The van der Waals surface area contributed by atoms with Crippen LogP contribution in [0.1, 0.15) is 49.3 Å². The summed E-state index contributed by atoms with van der Waals surface area (Å²) in [6, 6.07) is 9.25. The van der Waals surface area contributed by atoms with Crippen molar-refractivity contribution in [2.24, 2.45) is 0 Å². The van der Waals surface area contributed by atoms with E-state index in [1.54, 1.807) is 6.92 Å². The molecule has 5 heteroatoms. The van der Waals surface area contributed by atoms with Crippen LogP contribution in [-0.4, -0.2) is 21.6 Å². The zero-order valence-corrected chi connectivity index (χ0v) is 13.4. The third kappa shape index (κ3) is 3.98. The Hall–Kier alpha value is -2.61. The second-order valence-corrected chi connectivity index (χ2v) is 5.10. The quantitative estimate of drug-likeness (QED) is 0.640. The Morgan fingerprint density at radius 1 is 1.35 bits per heavy atom. The molecule has 0 amide bonds. The molecule has 0 aliphatic heterocycles. The van der Waals surface area contributed by atoms with Crippen molar-refractivity contribution in [2.75, 3.05) is 0 Å². The highest BCUT2D eigenvalue weighted by Crippen LogP contribution is 2.21. The van der Waals surface area contributed by atoms with Crippen molar-refractivity contribution in [2.45, 2.75) is 39.3 Å². The lowest BCUT2D eigenvalue weighted by Crippen LogP contribution is -2.20. The number of carbonyl (C=O) groups is 1. The third-order valence-electron chi connectivity index (χ3n) is 3.41. The van der Waals surface area contributed by atoms with Gasteiger partial charge < -0.3 is 9.30 Å². The van der Waals surface area contributed by atoms with Crippen molar-refractivity contribution in [3.05, 3.63) is 53.9 Å². The van der Waals surface area contributed by atoms with E-state index in [0.717, 1.165) is 5.56 Å². The van der Waals surface area contributed by atoms with Crippen LogP contribution < -0.4 is 0 Å². The maximum atomic E-state index is 14.0. The minimum atomic E-state index is -0.839. The van der Waals surface area contributed by atoms with Crippen LogP contribution in [0.4, 0.5) is 4.39 Å². The Morgan fingerprint density at radius 3 is 2.70 bits per heavy atom. The van der Waals surface area contributed by atoms with Crippen LogP contribution in [0.15, 0.2) is 36.7 Å². The van der Waals surface area contributed by atoms with E-state index in [1.807, 2.05) is 44.2 Å². The van der Waals surface area contributed by atoms with Crippen molar-refractivity contribution in [3.8, 4) is 11.8 Å². The summed E-state index contributed by atoms with van der Waals surface area (Å²) in [5.41, 5.74) is 0.754. The number of ether oxygens (including phenoxy) is 1. The summed E-state index contributed by atoms with van der Waals surface area (Å²) < 4.78 is 20.6. The number of esters is 1. The van der Waals surface area contributed by atoms with Gasteiger partial charge in [0.1, 0.15) is 0 Å². The summed E-state index contributed by atoms with van der Waals surface area (Å²) in [6.45, 7) is 5.42. The predicted octanol–water partition coefficient (Wildman–Crippen LogP) is 3.59. The number of benzene rings is 1. The molecule has 2 atom stereocenters. The second kappa shape index (κ2) is 7.59. The Balaban J connectivity index is 2.26. The maximum Gasteiger partial charge on any atom is 0.361 e. The fourth-order valence-electron chi connectivity index (χ4n) is 2.21. The Kier molecular flexibility index (Phi) is 5.53. The van der Waals surface area contributed by atoms with Gasteiger partial charge in [-0.15, -0.1) is 0 Å². The smallest absolute Gasteiger partial charge is 0.361 e. The standard InChI is InChI=1S/C18H19FN2O2/c1-4-5-9-13(2)23-18(22)16-17(19)20-12-21(16)14(3)15-10-7-6-8-11-15/h6-8,10-14H,4H2,1-3H3/t13?,14-/m1/s1. The second-order valence-electron chi connectivity index (χ2n) is 5.10. The van der Waals surface area contributed by atoms with E-state index in [1.165, 1.54) is 10.9 Å². The molecule has 120 valence electrons. The SMILES string of the molecule is CCC#CC(C)OC(=O)c1c(F)ncn1[C@H](C)c1ccccc1. The van der Waals surface area contributed by atoms with Gasteiger partial charge in [0.2, 0.25) is 5.95 Å². The van der Waals surface area contributed by atoms with Crippen LogP contribution in [0.25, 0.3) is 0 Å². The first kappa shape index (κ1) is 16.8. The first-order valence-corrected chi connectivity index (χ1v) is 7.51. The van der Waals surface area contributed by atoms with E-state index in [0.29, 0.717) is 6.42 Å². The van der Waals surface area contributed by atoms with E-state index in [4.69, 9.17) is 4.74 Å². The molecule has 1 unspecified atom stereocenters. The molecule has 23 heavy (non-hydrogen) atoms. The zero-order valence-electron chi connectivity index (χ0n) is 13.4. The Morgan fingerprint density at radius 2 is 2.04 bits per heavy atom. The van der Waals surface area contributed by atoms with Crippen molar-refractivity contribution in [3.63, 3.8) is 0 Å². The van der Waals surface area contributed by atoms with Gasteiger partial charge in [0.15, 0.2) is 11.8 Å². The number of halogens is 1. The largest absolute Gasteiger partial charge is 0.445 e. The number of aromatic nitrogens is 2. The summed E-state index contributed by atoms with van der Waals surface area (Å²) in [4.78, 5) is 15.9. The third-order valence-corrected chi connectivity index (χ3v) is 3.41. The fraction of sp³-hybridized carbons (Fsp3) is 0.333. The molecule has 0 spiro atoms. The van der Waals surface area contributed by atoms with Gasteiger partial charge in [-0.2, -0.15) is 4.39 Å². The number of hydrogen-bond donors (Lipinski definition) is 0. The van der Waals surface area contributed by atoms with Crippen LogP contribution in [0, 0.1) is 17.8 Å². The molecule has 0 aliphatic rings. The molecule has 2 aromatic rings. The predicted molar refractivity (Wildman–Crippen MR) is 85.4 cm³/mol. The number of imidazole rings is 1. The van der Waals surface area contributed by atoms with Gasteiger partial charge in [-0.25, -0.2) is 9.78 Å². The summed E-state index contributed by atoms with van der Waals surface area (Å²) in [5, 5.41) is 0. The highest BCUT2D eigenvalue weighted by molar-refractivity contribution is 5.88. The van der Waals surface area contributed by atoms with E-state index in [9.17, 15) is 9.18 Å². The first-order valence-electron chi connectivity index (χ1n) is 7.51. The molecule has 4 nitrogen and oxygen atoms in total. The van der Waals surface area contributed by atoms with E-state index < -0.39 is 18.0 Å². The van der Waals surface area contributed by atoms with Gasteiger partial charge in [-0.1, -0.05) is 49.1 Å². The van der Waals surface area contributed by atoms with Gasteiger partial charge in [0.05, 0.1) is 12.4 Å². The van der Waals surface area contributed by atoms with Crippen molar-refractivity contribution in [1.82, 2.24) is 9.55 Å². The lowest BCUT2D eigenvalue weighted by molar-refractivity contribution is 0.0418. The van der Waals surface area contributed by atoms with Crippen LogP contribution >= 0.6 is 0 Å². The molecule has 1 aromatic heterocycles. The highest BCUT2D eigenvalue weighted by atomic mass is 19.1. The van der Waals surface area contributed by atoms with Gasteiger partial charge in [0.25, 0.3) is 0 Å². The molecule has 1 aromatic carbocycles. The van der Waals surface area contributed by atoms with Crippen molar-refractivity contribution >= 4 is 5.97 Å². The zero-order chi connectivity index (χ0) is 16.8. The lowest BCUT2D eigenvalue weighted by atomic mass is 10.1. The first-order chi connectivity index (χ1) is 11.0. The van der Waals surface area contributed by atoms with Gasteiger partial charge in [-0.05, 0) is 19.4 Å². The van der Waals surface area contributed by atoms with Crippen LogP contribution in [-0.2, 0) is 4.74 Å². The van der Waals surface area contributed by atoms with Crippen LogP contribution in [0.2, 0.25) is 0 Å². The summed E-state index contributed by atoms with van der Waals surface area (Å²) in [5.74, 6) is 4.01. The summed E-state index contributed by atoms with van der Waals surface area (Å²) >= 11 is 0. The van der Waals surface area contributed by atoms with Crippen LogP contribution in [0.3, 0.4) is 0 Å². The summed E-state index contributed by atoms with van der Waals surface area (Å²) in [6.07, 6.45) is 1.38. The van der Waals surface area contributed by atoms with Gasteiger partial charge in [-0.3, -0.25) is 0 Å². The summed E-state index contributed by atoms with van der Waals surface area (Å²) in [7, 11) is 0. The van der Waals surface area contributed by atoms with E-state index in [2.05, 4.69) is 16.8 Å². The van der Waals surface area contributed by atoms with Crippen LogP contribution in [0.5, 0.6) is 0 Å². The molecule has 0 aliphatic carbocycles. The highest BCUT2D eigenvalue weighted by Gasteiger charge is 2.25. The van der Waals surface area contributed by atoms with Gasteiger partial charge in [0, 0.05) is 6.42 Å². The molecule has 1 heterocycles. The minimum Gasteiger partial charge on any atom is -0.445 e. The number of carbonyl (C=O) groups excluding carboxylic acids is 1. The molecule has 0 fully saturated rings. The molecular weight excluding hydrogens is 295 g/mol. The topological polar surface area (TPSA) is 44.1 Å². The average Bonchev–Trinajstić information content (AvgIpc) is 2.94. The maximum absolute atomic E-state index is 14.0. The fourth-order valence-corrected chi connectivity index (χ4v) is 2.21. The Bertz CT molecular complexity index is 728. The molecule has 0 N–H and O–H groups in total. The minimum absolute atomic E-state index is 0.188. The normalized spacial score (nSPS) is 12.9. The van der Waals surface area contributed by atoms with E-state index >= 15 is 0 Å². The number of nitrogens with zero attached hydrogens (tertiary/aromatic N) is 2.